The Morgan fingerprint density at radius 3 is 3.12 bits per heavy atom. The first kappa shape index (κ1) is 9.03. The van der Waals surface area contributed by atoms with E-state index < -0.39 is 5.97 Å². The molecule has 4 nitrogen and oxygen atoms in total. The van der Waals surface area contributed by atoms with Gasteiger partial charge in [-0.1, -0.05) is 6.08 Å². The number of aliphatic carboxylic acids is 1. The molecule has 0 spiro atoms. The van der Waals surface area contributed by atoms with E-state index in [0.717, 1.165) is 22.5 Å². The van der Waals surface area contributed by atoms with Crippen LogP contribution in [-0.2, 0) is 4.79 Å². The molecule has 4 heteroatoms. The Morgan fingerprint density at radius 2 is 2.31 bits per heavy atom. The number of rotatable bonds is 1. The quantitative estimate of drug-likeness (QED) is 0.774. The van der Waals surface area contributed by atoms with Gasteiger partial charge in [0.1, 0.15) is 0 Å². The van der Waals surface area contributed by atoms with Gasteiger partial charge in [0.25, 0.3) is 0 Å². The molecule has 0 unspecified atom stereocenters. The Hall–Kier alpha value is -2.23. The van der Waals surface area contributed by atoms with E-state index in [9.17, 15) is 4.79 Å². The molecule has 0 saturated heterocycles. The molecular formula is C12H8N2O2. The van der Waals surface area contributed by atoms with Crippen molar-refractivity contribution in [3.05, 3.63) is 41.7 Å². The van der Waals surface area contributed by atoms with Crippen molar-refractivity contribution >= 4 is 22.9 Å². The van der Waals surface area contributed by atoms with Crippen molar-refractivity contribution in [3.63, 3.8) is 0 Å². The van der Waals surface area contributed by atoms with E-state index in [-0.39, 0.29) is 0 Å². The first-order chi connectivity index (χ1) is 7.77. The number of aliphatic imine (C=N–C) groups is 1. The second-order valence-corrected chi connectivity index (χ2v) is 3.66. The van der Waals surface area contributed by atoms with Gasteiger partial charge in [-0.2, -0.15) is 0 Å². The van der Waals surface area contributed by atoms with Crippen LogP contribution in [-0.4, -0.2) is 21.8 Å². The number of fused-ring (bicyclic) bond motifs is 3. The van der Waals surface area contributed by atoms with Crippen LogP contribution >= 0.6 is 0 Å². The Morgan fingerprint density at radius 1 is 1.44 bits per heavy atom. The third-order valence-corrected chi connectivity index (χ3v) is 2.72. The minimum absolute atomic E-state index is 0.396. The molecule has 0 aromatic carbocycles. The molecule has 0 radical (unpaired) electrons. The maximum absolute atomic E-state index is 11.1. The number of hydrogen-bond donors (Lipinski definition) is 1. The van der Waals surface area contributed by atoms with Gasteiger partial charge in [-0.05, 0) is 18.6 Å². The number of aromatic nitrogens is 1. The lowest BCUT2D eigenvalue weighted by atomic mass is 9.92. The number of carboxylic acids is 1. The molecule has 2 heterocycles. The zero-order chi connectivity index (χ0) is 11.1. The van der Waals surface area contributed by atoms with Gasteiger partial charge < -0.3 is 5.11 Å². The first-order valence-electron chi connectivity index (χ1n) is 4.94. The highest BCUT2D eigenvalue weighted by Crippen LogP contribution is 2.38. The molecule has 78 valence electrons. The third kappa shape index (κ3) is 1.13. The SMILES string of the molecule is O=C(O)C1=C2C(=Nc3ccncc32)C=CC1. The van der Waals surface area contributed by atoms with Crippen molar-refractivity contribution in [2.24, 2.45) is 4.99 Å². The van der Waals surface area contributed by atoms with Crippen LogP contribution in [0.3, 0.4) is 0 Å². The second kappa shape index (κ2) is 3.13. The van der Waals surface area contributed by atoms with E-state index in [1.807, 2.05) is 12.2 Å². The van der Waals surface area contributed by atoms with Crippen LogP contribution in [0.1, 0.15) is 12.0 Å². The van der Waals surface area contributed by atoms with Crippen LogP contribution < -0.4 is 0 Å². The van der Waals surface area contributed by atoms with Crippen LogP contribution in [0, 0.1) is 0 Å². The van der Waals surface area contributed by atoms with E-state index in [1.54, 1.807) is 18.5 Å². The summed E-state index contributed by atoms with van der Waals surface area (Å²) in [5.74, 6) is -0.885. The lowest BCUT2D eigenvalue weighted by molar-refractivity contribution is -0.132. The van der Waals surface area contributed by atoms with Gasteiger partial charge in [-0.25, -0.2) is 9.79 Å². The van der Waals surface area contributed by atoms with Gasteiger partial charge >= 0.3 is 5.97 Å². The lowest BCUT2D eigenvalue weighted by Gasteiger charge is -2.10. The Labute approximate surface area is 91.7 Å². The van der Waals surface area contributed by atoms with Gasteiger partial charge in [0.15, 0.2) is 0 Å². The number of allylic oxidation sites excluding steroid dienone is 3. The van der Waals surface area contributed by atoms with Crippen molar-refractivity contribution in [3.8, 4) is 0 Å². The fourth-order valence-electron chi connectivity index (χ4n) is 2.02. The fourth-order valence-corrected chi connectivity index (χ4v) is 2.02. The summed E-state index contributed by atoms with van der Waals surface area (Å²) in [5.41, 5.74) is 3.46. The monoisotopic (exact) mass is 212 g/mol. The summed E-state index contributed by atoms with van der Waals surface area (Å²) in [6.45, 7) is 0. The largest absolute Gasteiger partial charge is 0.478 e. The number of hydrogen-bond acceptors (Lipinski definition) is 3. The van der Waals surface area contributed by atoms with Crippen molar-refractivity contribution in [1.82, 2.24) is 4.98 Å². The molecule has 0 amide bonds. The van der Waals surface area contributed by atoms with Gasteiger partial charge in [0.2, 0.25) is 0 Å². The van der Waals surface area contributed by atoms with E-state index in [4.69, 9.17) is 5.11 Å². The first-order valence-corrected chi connectivity index (χ1v) is 4.94. The van der Waals surface area contributed by atoms with Crippen molar-refractivity contribution in [2.45, 2.75) is 6.42 Å². The third-order valence-electron chi connectivity index (χ3n) is 2.72. The number of carbonyl (C=O) groups is 1. The highest BCUT2D eigenvalue weighted by atomic mass is 16.4. The van der Waals surface area contributed by atoms with Crippen molar-refractivity contribution in [2.75, 3.05) is 0 Å². The molecule has 1 N–H and O–H groups in total. The van der Waals surface area contributed by atoms with Crippen LogP contribution in [0.15, 0.2) is 41.2 Å². The molecule has 16 heavy (non-hydrogen) atoms. The summed E-state index contributed by atoms with van der Waals surface area (Å²) in [4.78, 5) is 19.5. The molecule has 1 aliphatic heterocycles. The van der Waals surface area contributed by atoms with Gasteiger partial charge in [-0.15, -0.1) is 0 Å². The zero-order valence-corrected chi connectivity index (χ0v) is 8.34. The highest BCUT2D eigenvalue weighted by Gasteiger charge is 2.27. The van der Waals surface area contributed by atoms with Gasteiger partial charge in [-0.3, -0.25) is 4.98 Å². The minimum atomic E-state index is -0.885. The predicted octanol–water partition coefficient (Wildman–Crippen LogP) is 1.97. The summed E-state index contributed by atoms with van der Waals surface area (Å²) in [6.07, 6.45) is 7.46. The summed E-state index contributed by atoms with van der Waals surface area (Å²) < 4.78 is 0. The maximum atomic E-state index is 11.1. The average molecular weight is 212 g/mol. The van der Waals surface area contributed by atoms with Crippen LogP contribution in [0.2, 0.25) is 0 Å². The fraction of sp³-hybridized carbons (Fsp3) is 0.0833. The molecule has 1 aromatic rings. The van der Waals surface area contributed by atoms with E-state index in [0.29, 0.717) is 12.0 Å². The summed E-state index contributed by atoms with van der Waals surface area (Å²) in [5, 5.41) is 9.14. The Bertz CT molecular complexity index is 582. The molecular weight excluding hydrogens is 204 g/mol. The zero-order valence-electron chi connectivity index (χ0n) is 8.34. The molecule has 0 saturated carbocycles. The van der Waals surface area contributed by atoms with Crippen LogP contribution in [0.4, 0.5) is 5.69 Å². The minimum Gasteiger partial charge on any atom is -0.478 e. The van der Waals surface area contributed by atoms with Crippen LogP contribution in [0.25, 0.3) is 5.57 Å². The maximum Gasteiger partial charge on any atom is 0.332 e. The van der Waals surface area contributed by atoms with Gasteiger partial charge in [0.05, 0.1) is 17.0 Å². The highest BCUT2D eigenvalue weighted by molar-refractivity contribution is 6.37. The normalized spacial score (nSPS) is 16.9. The average Bonchev–Trinajstić information content (AvgIpc) is 2.66. The lowest BCUT2D eigenvalue weighted by Crippen LogP contribution is -2.10. The Balaban J connectivity index is 2.29. The van der Waals surface area contributed by atoms with Crippen molar-refractivity contribution in [1.29, 1.82) is 0 Å². The molecule has 1 aliphatic carbocycles. The van der Waals surface area contributed by atoms with E-state index in [1.165, 1.54) is 0 Å². The summed E-state index contributed by atoms with van der Waals surface area (Å²) in [7, 11) is 0. The van der Waals surface area contributed by atoms with Crippen molar-refractivity contribution < 1.29 is 9.90 Å². The van der Waals surface area contributed by atoms with Gasteiger partial charge in [0, 0.05) is 23.5 Å². The summed E-state index contributed by atoms with van der Waals surface area (Å²) in [6, 6.07) is 1.79. The molecule has 1 aromatic heterocycles. The topological polar surface area (TPSA) is 62.5 Å². The number of nitrogens with zero attached hydrogens (tertiary/aromatic N) is 2. The predicted molar refractivity (Wildman–Crippen MR) is 59.6 cm³/mol. The number of pyridine rings is 1. The second-order valence-electron chi connectivity index (χ2n) is 3.66. The molecule has 0 fully saturated rings. The Kier molecular flexibility index (Phi) is 1.77. The molecule has 3 rings (SSSR count). The smallest absolute Gasteiger partial charge is 0.332 e. The number of carboxylic acid groups (broad SMARTS) is 1. The molecule has 0 bridgehead atoms. The van der Waals surface area contributed by atoms with Crippen LogP contribution in [0.5, 0.6) is 0 Å². The summed E-state index contributed by atoms with van der Waals surface area (Å²) >= 11 is 0. The molecule has 0 atom stereocenters. The van der Waals surface area contributed by atoms with E-state index in [2.05, 4.69) is 9.98 Å². The standard InChI is InChI=1S/C12H8N2O2/c15-12(16)7-2-1-3-10-11(7)8-6-13-5-4-9(8)14-10/h1,3-6H,2H2,(H,15,16). The van der Waals surface area contributed by atoms with E-state index >= 15 is 0 Å². The molecule has 2 aliphatic rings.